The predicted octanol–water partition coefficient (Wildman–Crippen LogP) is 0.736. The third-order valence-corrected chi connectivity index (χ3v) is 3.34. The number of rotatable bonds is 9. The van der Waals surface area contributed by atoms with Gasteiger partial charge in [-0.3, -0.25) is 4.79 Å². The van der Waals surface area contributed by atoms with Gasteiger partial charge in [0.2, 0.25) is 5.91 Å². The lowest BCUT2D eigenvalue weighted by atomic mass is 9.97. The molecule has 5 heteroatoms. The van der Waals surface area contributed by atoms with Crippen molar-refractivity contribution in [1.82, 2.24) is 5.32 Å². The number of aliphatic hydroxyl groups is 1. The Kier molecular flexibility index (Phi) is 8.70. The summed E-state index contributed by atoms with van der Waals surface area (Å²) >= 11 is 1.73. The summed E-state index contributed by atoms with van der Waals surface area (Å²) in [5.74, 6) is 1.73. The summed E-state index contributed by atoms with van der Waals surface area (Å²) in [6.45, 7) is 4.66. The van der Waals surface area contributed by atoms with E-state index in [1.807, 2.05) is 6.92 Å². The van der Waals surface area contributed by atoms with E-state index in [0.29, 0.717) is 13.0 Å². The normalized spacial score (nSPS) is 14.5. The van der Waals surface area contributed by atoms with Crippen LogP contribution in [0.1, 0.15) is 33.1 Å². The van der Waals surface area contributed by atoms with Crippen LogP contribution in [0.5, 0.6) is 0 Å². The average molecular weight is 248 g/mol. The van der Waals surface area contributed by atoms with Crippen LogP contribution in [0.2, 0.25) is 0 Å². The second-order valence-corrected chi connectivity index (χ2v) is 5.34. The summed E-state index contributed by atoms with van der Waals surface area (Å²) in [7, 11) is 0. The zero-order chi connectivity index (χ0) is 12.4. The fourth-order valence-electron chi connectivity index (χ4n) is 1.34. The van der Waals surface area contributed by atoms with E-state index in [1.54, 1.807) is 18.7 Å². The Morgan fingerprint density at radius 2 is 2.19 bits per heavy atom. The molecule has 0 aliphatic heterocycles. The zero-order valence-electron chi connectivity index (χ0n) is 10.3. The van der Waals surface area contributed by atoms with Crippen molar-refractivity contribution >= 4 is 17.7 Å². The van der Waals surface area contributed by atoms with Crippen LogP contribution in [0.25, 0.3) is 0 Å². The van der Waals surface area contributed by atoms with Gasteiger partial charge in [0, 0.05) is 18.9 Å². The zero-order valence-corrected chi connectivity index (χ0v) is 11.1. The number of hydrogen-bond acceptors (Lipinski definition) is 4. The lowest BCUT2D eigenvalue weighted by Gasteiger charge is -2.22. The van der Waals surface area contributed by atoms with Gasteiger partial charge in [0.15, 0.2) is 0 Å². The number of thioether (sulfide) groups is 1. The Labute approximate surface area is 102 Å². The Hall–Kier alpha value is -0.260. The highest BCUT2D eigenvalue weighted by Crippen LogP contribution is 2.08. The maximum atomic E-state index is 11.7. The quantitative estimate of drug-likeness (QED) is 0.526. The third-order valence-electron chi connectivity index (χ3n) is 2.27. The molecule has 0 aromatic heterocycles. The second-order valence-electron chi connectivity index (χ2n) is 4.11. The van der Waals surface area contributed by atoms with Gasteiger partial charge in [0.05, 0.1) is 5.54 Å². The van der Waals surface area contributed by atoms with Crippen LogP contribution in [-0.2, 0) is 4.79 Å². The van der Waals surface area contributed by atoms with E-state index in [2.05, 4.69) is 5.32 Å². The highest BCUT2D eigenvalue weighted by Gasteiger charge is 2.26. The number of aliphatic hydroxyl groups excluding tert-OH is 1. The van der Waals surface area contributed by atoms with E-state index in [-0.39, 0.29) is 12.5 Å². The van der Waals surface area contributed by atoms with E-state index >= 15 is 0 Å². The first-order valence-electron chi connectivity index (χ1n) is 5.80. The van der Waals surface area contributed by atoms with Crippen LogP contribution in [0, 0.1) is 0 Å². The topological polar surface area (TPSA) is 75.4 Å². The highest BCUT2D eigenvalue weighted by atomic mass is 32.2. The largest absolute Gasteiger partial charge is 0.396 e. The van der Waals surface area contributed by atoms with Crippen LogP contribution in [0.3, 0.4) is 0 Å². The molecule has 0 aromatic carbocycles. The molecule has 0 aliphatic rings. The summed E-state index contributed by atoms with van der Waals surface area (Å²) in [5, 5.41) is 11.4. The molecule has 0 aliphatic carbocycles. The molecule has 0 bridgehead atoms. The molecule has 0 radical (unpaired) electrons. The lowest BCUT2D eigenvalue weighted by molar-refractivity contribution is -0.125. The molecule has 0 heterocycles. The third kappa shape index (κ3) is 7.09. The average Bonchev–Trinajstić information content (AvgIpc) is 2.22. The molecule has 0 aromatic rings. The fourth-order valence-corrected chi connectivity index (χ4v) is 2.12. The first kappa shape index (κ1) is 15.7. The molecular weight excluding hydrogens is 224 g/mol. The highest BCUT2D eigenvalue weighted by molar-refractivity contribution is 7.99. The monoisotopic (exact) mass is 248 g/mol. The number of amides is 1. The van der Waals surface area contributed by atoms with Crippen molar-refractivity contribution in [3.63, 3.8) is 0 Å². The molecule has 4 N–H and O–H groups in total. The van der Waals surface area contributed by atoms with Crippen molar-refractivity contribution in [2.75, 3.05) is 24.7 Å². The molecule has 0 fully saturated rings. The molecule has 1 atom stereocenters. The van der Waals surface area contributed by atoms with E-state index in [9.17, 15) is 4.79 Å². The smallest absolute Gasteiger partial charge is 0.239 e. The van der Waals surface area contributed by atoms with Crippen LogP contribution in [-0.4, -0.2) is 41.2 Å². The minimum Gasteiger partial charge on any atom is -0.396 e. The van der Waals surface area contributed by atoms with Crippen molar-refractivity contribution in [3.8, 4) is 0 Å². The van der Waals surface area contributed by atoms with Gasteiger partial charge in [-0.25, -0.2) is 0 Å². The molecule has 0 saturated carbocycles. The van der Waals surface area contributed by atoms with Crippen LogP contribution in [0.15, 0.2) is 0 Å². The van der Waals surface area contributed by atoms with Crippen molar-refractivity contribution in [1.29, 1.82) is 0 Å². The molecule has 1 unspecified atom stereocenters. The van der Waals surface area contributed by atoms with Gasteiger partial charge >= 0.3 is 0 Å². The van der Waals surface area contributed by atoms with Gasteiger partial charge in [-0.15, -0.1) is 0 Å². The Balaban J connectivity index is 3.57. The molecule has 4 nitrogen and oxygen atoms in total. The minimum atomic E-state index is -0.746. The van der Waals surface area contributed by atoms with Crippen LogP contribution < -0.4 is 11.1 Å². The number of nitrogens with one attached hydrogen (secondary N) is 1. The maximum absolute atomic E-state index is 11.7. The van der Waals surface area contributed by atoms with Crippen molar-refractivity contribution in [3.05, 3.63) is 0 Å². The Bertz CT molecular complexity index is 198. The van der Waals surface area contributed by atoms with Crippen molar-refractivity contribution in [2.45, 2.75) is 38.6 Å². The summed E-state index contributed by atoms with van der Waals surface area (Å²) in [4.78, 5) is 11.7. The summed E-state index contributed by atoms with van der Waals surface area (Å²) in [6.07, 6.45) is 2.42. The van der Waals surface area contributed by atoms with Crippen LogP contribution in [0.4, 0.5) is 0 Å². The summed E-state index contributed by atoms with van der Waals surface area (Å²) < 4.78 is 0. The Morgan fingerprint density at radius 3 is 2.75 bits per heavy atom. The maximum Gasteiger partial charge on any atom is 0.239 e. The van der Waals surface area contributed by atoms with Crippen LogP contribution >= 0.6 is 11.8 Å². The number of nitrogens with two attached hydrogens (primary N) is 1. The molecular formula is C11H24N2O2S. The van der Waals surface area contributed by atoms with Gasteiger partial charge in [-0.1, -0.05) is 13.3 Å². The molecule has 0 rings (SSSR count). The molecule has 1 amide bonds. The van der Waals surface area contributed by atoms with E-state index < -0.39 is 5.54 Å². The molecule has 0 spiro atoms. The molecule has 0 saturated heterocycles. The SMILES string of the molecule is CCCC(C)(N)C(=O)NCCSCCCO. The van der Waals surface area contributed by atoms with Crippen molar-refractivity contribution < 1.29 is 9.90 Å². The standard InChI is InChI=1S/C11H24N2O2S/c1-3-5-11(2,12)10(15)13-6-9-16-8-4-7-14/h14H,3-9,12H2,1-2H3,(H,13,15). The van der Waals surface area contributed by atoms with E-state index in [1.165, 1.54) is 0 Å². The lowest BCUT2D eigenvalue weighted by Crippen LogP contribution is -2.51. The van der Waals surface area contributed by atoms with Gasteiger partial charge in [-0.2, -0.15) is 11.8 Å². The van der Waals surface area contributed by atoms with Crippen molar-refractivity contribution in [2.24, 2.45) is 5.73 Å². The van der Waals surface area contributed by atoms with E-state index in [0.717, 1.165) is 24.3 Å². The summed E-state index contributed by atoms with van der Waals surface area (Å²) in [6, 6.07) is 0. The number of carbonyl (C=O) groups excluding carboxylic acids is 1. The number of carbonyl (C=O) groups is 1. The van der Waals surface area contributed by atoms with E-state index in [4.69, 9.17) is 10.8 Å². The van der Waals surface area contributed by atoms with Gasteiger partial charge < -0.3 is 16.2 Å². The minimum absolute atomic E-state index is 0.0721. The summed E-state index contributed by atoms with van der Waals surface area (Å²) in [5.41, 5.74) is 5.14. The Morgan fingerprint density at radius 1 is 1.50 bits per heavy atom. The molecule has 96 valence electrons. The molecule has 16 heavy (non-hydrogen) atoms. The number of hydrogen-bond donors (Lipinski definition) is 3. The predicted molar refractivity (Wildman–Crippen MR) is 69.5 cm³/mol. The first-order chi connectivity index (χ1) is 7.54. The van der Waals surface area contributed by atoms with Gasteiger partial charge in [0.1, 0.15) is 0 Å². The first-order valence-corrected chi connectivity index (χ1v) is 6.96. The van der Waals surface area contributed by atoms with Gasteiger partial charge in [0.25, 0.3) is 0 Å². The van der Waals surface area contributed by atoms with Gasteiger partial charge in [-0.05, 0) is 25.5 Å². The fraction of sp³-hybridized carbons (Fsp3) is 0.909. The second kappa shape index (κ2) is 8.84.